The van der Waals surface area contributed by atoms with Gasteiger partial charge in [-0.05, 0) is 42.7 Å². The van der Waals surface area contributed by atoms with Crippen LogP contribution in [0.4, 0.5) is 4.79 Å². The lowest BCUT2D eigenvalue weighted by molar-refractivity contribution is 0.182. The Balaban J connectivity index is 1.56. The molecular weight excluding hydrogens is 356 g/mol. The van der Waals surface area contributed by atoms with Gasteiger partial charge >= 0.3 is 6.09 Å². The molecule has 3 aromatic rings. The minimum absolute atomic E-state index is 0.611. The minimum atomic E-state index is -1.04. The molecule has 7 nitrogen and oxygen atoms in total. The van der Waals surface area contributed by atoms with Crippen LogP contribution in [0.3, 0.4) is 0 Å². The highest BCUT2D eigenvalue weighted by Gasteiger charge is 2.22. The molecule has 0 spiro atoms. The van der Waals surface area contributed by atoms with E-state index < -0.39 is 11.6 Å². The summed E-state index contributed by atoms with van der Waals surface area (Å²) in [4.78, 5) is 10.9. The van der Waals surface area contributed by atoms with E-state index in [4.69, 9.17) is 9.84 Å². The lowest BCUT2D eigenvalue weighted by Crippen LogP contribution is -2.39. The summed E-state index contributed by atoms with van der Waals surface area (Å²) in [5, 5.41) is 19.2. The number of rotatable bonds is 8. The van der Waals surface area contributed by atoms with E-state index in [1.54, 1.807) is 10.9 Å². The smallest absolute Gasteiger partial charge is 0.405 e. The Morgan fingerprint density at radius 3 is 2.32 bits per heavy atom. The van der Waals surface area contributed by atoms with Crippen LogP contribution in [0.2, 0.25) is 0 Å². The molecule has 7 heteroatoms. The molecule has 3 rings (SSSR count). The molecule has 0 aliphatic rings. The van der Waals surface area contributed by atoms with Gasteiger partial charge in [0.05, 0.1) is 18.3 Å². The van der Waals surface area contributed by atoms with Crippen LogP contribution in [0.5, 0.6) is 5.75 Å². The van der Waals surface area contributed by atoms with E-state index in [1.165, 1.54) is 0 Å². The second kappa shape index (κ2) is 8.56. The van der Waals surface area contributed by atoms with Crippen LogP contribution in [0.25, 0.3) is 11.1 Å². The van der Waals surface area contributed by atoms with E-state index in [0.29, 0.717) is 6.61 Å². The molecule has 0 fully saturated rings. The molecule has 0 saturated heterocycles. The highest BCUT2D eigenvalue weighted by Crippen LogP contribution is 2.26. The predicted octanol–water partition coefficient (Wildman–Crippen LogP) is 3.92. The molecule has 1 heterocycles. The van der Waals surface area contributed by atoms with Crippen LogP contribution < -0.4 is 10.1 Å². The molecule has 0 aliphatic heterocycles. The van der Waals surface area contributed by atoms with Gasteiger partial charge in [0.2, 0.25) is 0 Å². The van der Waals surface area contributed by atoms with Crippen molar-refractivity contribution in [3.8, 4) is 16.9 Å². The van der Waals surface area contributed by atoms with Crippen molar-refractivity contribution in [2.75, 3.05) is 6.61 Å². The summed E-state index contributed by atoms with van der Waals surface area (Å²) < 4.78 is 7.55. The van der Waals surface area contributed by atoms with Gasteiger partial charge in [-0.25, -0.2) is 4.79 Å². The number of carboxylic acid groups (broad SMARTS) is 1. The largest absolute Gasteiger partial charge is 0.494 e. The maximum atomic E-state index is 10.9. The van der Waals surface area contributed by atoms with Gasteiger partial charge in [0, 0.05) is 19.2 Å². The highest BCUT2D eigenvalue weighted by atomic mass is 16.5. The third kappa shape index (κ3) is 5.09. The van der Waals surface area contributed by atoms with Crippen molar-refractivity contribution < 1.29 is 14.6 Å². The lowest BCUT2D eigenvalue weighted by Gasteiger charge is -2.25. The van der Waals surface area contributed by atoms with Crippen molar-refractivity contribution in [3.05, 3.63) is 66.5 Å². The number of benzene rings is 2. The Hall–Kier alpha value is -3.35. The number of carbonyl (C=O) groups is 1. The zero-order valence-electron chi connectivity index (χ0n) is 16.0. The molecule has 1 amide bonds. The van der Waals surface area contributed by atoms with Gasteiger partial charge in [-0.3, -0.25) is 4.68 Å². The molecule has 0 atom stereocenters. The first-order valence-corrected chi connectivity index (χ1v) is 9.13. The van der Waals surface area contributed by atoms with Gasteiger partial charge in [0.15, 0.2) is 0 Å². The molecule has 28 heavy (non-hydrogen) atoms. The summed E-state index contributed by atoms with van der Waals surface area (Å²) in [6.07, 6.45) is 3.31. The normalized spacial score (nSPS) is 11.2. The monoisotopic (exact) mass is 380 g/mol. The number of nitrogens with zero attached hydrogens (tertiary/aromatic N) is 3. The molecular formula is C21H24N4O3. The number of nitrogens with one attached hydrogen (secondary N) is 1. The Morgan fingerprint density at radius 2 is 1.75 bits per heavy atom. The van der Waals surface area contributed by atoms with Gasteiger partial charge in [-0.15, -0.1) is 5.10 Å². The first kappa shape index (κ1) is 19.4. The van der Waals surface area contributed by atoms with Crippen molar-refractivity contribution in [1.29, 1.82) is 0 Å². The van der Waals surface area contributed by atoms with Gasteiger partial charge in [-0.1, -0.05) is 41.6 Å². The summed E-state index contributed by atoms with van der Waals surface area (Å²) in [7, 11) is 0. The molecule has 0 bridgehead atoms. The third-order valence-corrected chi connectivity index (χ3v) is 4.49. The Labute approximate surface area is 164 Å². The van der Waals surface area contributed by atoms with Gasteiger partial charge in [-0.2, -0.15) is 0 Å². The fraction of sp³-hybridized carbons (Fsp3) is 0.286. The van der Waals surface area contributed by atoms with Gasteiger partial charge in [0.25, 0.3) is 0 Å². The zero-order valence-corrected chi connectivity index (χ0v) is 16.0. The first-order valence-electron chi connectivity index (χ1n) is 9.13. The van der Waals surface area contributed by atoms with Gasteiger partial charge < -0.3 is 15.2 Å². The molecule has 2 N–H and O–H groups in total. The average Bonchev–Trinajstić information content (AvgIpc) is 3.18. The molecule has 0 aliphatic carbocycles. The number of aromatic nitrogens is 3. The van der Waals surface area contributed by atoms with E-state index in [-0.39, 0.29) is 0 Å². The van der Waals surface area contributed by atoms with Crippen LogP contribution in [-0.2, 0) is 12.1 Å². The quantitative estimate of drug-likeness (QED) is 0.578. The van der Waals surface area contributed by atoms with Crippen LogP contribution in [0.1, 0.15) is 25.8 Å². The van der Waals surface area contributed by atoms with Crippen molar-refractivity contribution >= 4 is 6.09 Å². The Bertz CT molecular complexity index is 888. The number of amides is 1. The van der Waals surface area contributed by atoms with Crippen molar-refractivity contribution in [1.82, 2.24) is 20.3 Å². The molecule has 0 radical (unpaired) electrons. The van der Waals surface area contributed by atoms with E-state index in [2.05, 4.69) is 15.6 Å². The van der Waals surface area contributed by atoms with Crippen molar-refractivity contribution in [3.63, 3.8) is 0 Å². The van der Waals surface area contributed by atoms with Crippen molar-refractivity contribution in [2.45, 2.75) is 32.4 Å². The third-order valence-electron chi connectivity index (χ3n) is 4.49. The van der Waals surface area contributed by atoms with E-state index in [9.17, 15) is 4.79 Å². The topological polar surface area (TPSA) is 89.3 Å². The molecule has 146 valence electrons. The SMILES string of the molecule is CC(C)(NC(=O)O)c1ccc(-c2ccc(OCCCn3ccnn3)cc2)cc1. The maximum absolute atomic E-state index is 10.9. The molecule has 1 aromatic heterocycles. The number of hydrogen-bond donors (Lipinski definition) is 2. The van der Waals surface area contributed by atoms with Gasteiger partial charge in [0.1, 0.15) is 5.75 Å². The Morgan fingerprint density at radius 1 is 1.11 bits per heavy atom. The average molecular weight is 380 g/mol. The second-order valence-electron chi connectivity index (χ2n) is 7.03. The molecule has 0 unspecified atom stereocenters. The highest BCUT2D eigenvalue weighted by molar-refractivity contribution is 5.67. The fourth-order valence-corrected chi connectivity index (χ4v) is 2.93. The predicted molar refractivity (Wildman–Crippen MR) is 106 cm³/mol. The minimum Gasteiger partial charge on any atom is -0.494 e. The molecule has 2 aromatic carbocycles. The van der Waals surface area contributed by atoms with E-state index in [0.717, 1.165) is 35.4 Å². The first-order chi connectivity index (χ1) is 13.4. The van der Waals surface area contributed by atoms with Crippen LogP contribution >= 0.6 is 0 Å². The zero-order chi connectivity index (χ0) is 20.0. The number of aryl methyl sites for hydroxylation is 1. The standard InChI is InChI=1S/C21H24N4O3/c1-21(2,23-20(26)27)18-8-4-16(5-9-18)17-6-10-19(11-7-17)28-15-3-13-25-14-12-22-24-25/h4-12,14,23H,3,13,15H2,1-2H3,(H,26,27). The van der Waals surface area contributed by atoms with E-state index >= 15 is 0 Å². The van der Waals surface area contributed by atoms with Crippen LogP contribution in [-0.4, -0.2) is 32.8 Å². The molecule has 0 saturated carbocycles. The number of ether oxygens (including phenoxy) is 1. The maximum Gasteiger partial charge on any atom is 0.405 e. The van der Waals surface area contributed by atoms with Crippen LogP contribution in [0.15, 0.2) is 60.9 Å². The summed E-state index contributed by atoms with van der Waals surface area (Å²) in [5.41, 5.74) is 2.40. The van der Waals surface area contributed by atoms with E-state index in [1.807, 2.05) is 68.6 Å². The van der Waals surface area contributed by atoms with Crippen LogP contribution in [0, 0.1) is 0 Å². The fourth-order valence-electron chi connectivity index (χ4n) is 2.93. The lowest BCUT2D eigenvalue weighted by atomic mass is 9.92. The summed E-state index contributed by atoms with van der Waals surface area (Å²) in [5.74, 6) is 0.825. The second-order valence-corrected chi connectivity index (χ2v) is 7.03. The Kier molecular flexibility index (Phi) is 5.93. The summed E-state index contributed by atoms with van der Waals surface area (Å²) in [6.45, 7) is 5.06. The summed E-state index contributed by atoms with van der Waals surface area (Å²) >= 11 is 0. The summed E-state index contributed by atoms with van der Waals surface area (Å²) in [6, 6.07) is 15.8. The van der Waals surface area contributed by atoms with Crippen molar-refractivity contribution in [2.24, 2.45) is 0 Å². The number of hydrogen-bond acceptors (Lipinski definition) is 4.